The molecule has 0 saturated heterocycles. The van der Waals surface area contributed by atoms with E-state index in [1.807, 2.05) is 24.3 Å². The summed E-state index contributed by atoms with van der Waals surface area (Å²) in [5, 5.41) is 0.872. The molecule has 0 unspecified atom stereocenters. The fourth-order valence-corrected chi connectivity index (χ4v) is 1.71. The predicted octanol–water partition coefficient (Wildman–Crippen LogP) is 3.87. The predicted molar refractivity (Wildman–Crippen MR) is 63.5 cm³/mol. The molecule has 0 aliphatic rings. The zero-order chi connectivity index (χ0) is 9.68. The Balaban J connectivity index is 2.89. The molecule has 1 nitrogen and oxygen atoms in total. The van der Waals surface area contributed by atoms with Crippen molar-refractivity contribution in [2.75, 3.05) is 12.4 Å². The molecule has 0 bridgehead atoms. The number of halogens is 2. The molecule has 0 aliphatic heterocycles. The van der Waals surface area contributed by atoms with Gasteiger partial charge in [-0.15, -0.1) is 0 Å². The van der Waals surface area contributed by atoms with Crippen molar-refractivity contribution >= 4 is 37.9 Å². The highest BCUT2D eigenvalue weighted by atomic mass is 79.9. The second-order valence-corrected chi connectivity index (χ2v) is 3.95. The molecular formula is C10H10Br2O. The van der Waals surface area contributed by atoms with E-state index in [9.17, 15) is 0 Å². The van der Waals surface area contributed by atoms with Crippen molar-refractivity contribution in [2.45, 2.75) is 0 Å². The van der Waals surface area contributed by atoms with E-state index in [0.717, 1.165) is 21.1 Å². The molecule has 0 spiro atoms. The van der Waals surface area contributed by atoms with Crippen molar-refractivity contribution < 1.29 is 4.74 Å². The summed E-state index contributed by atoms with van der Waals surface area (Å²) >= 11 is 6.76. The summed E-state index contributed by atoms with van der Waals surface area (Å²) in [5.74, 6) is 0.857. The van der Waals surface area contributed by atoms with Gasteiger partial charge in [0.15, 0.2) is 0 Å². The average Bonchev–Trinajstić information content (AvgIpc) is 2.15. The Morgan fingerprint density at radius 3 is 2.77 bits per heavy atom. The van der Waals surface area contributed by atoms with Gasteiger partial charge in [0.2, 0.25) is 0 Å². The first-order chi connectivity index (χ1) is 6.27. The molecule has 0 amide bonds. The second-order valence-electron chi connectivity index (χ2n) is 2.45. The van der Waals surface area contributed by atoms with Gasteiger partial charge in [-0.3, -0.25) is 0 Å². The third kappa shape index (κ3) is 3.16. The number of hydrogen-bond donors (Lipinski definition) is 0. The van der Waals surface area contributed by atoms with E-state index in [4.69, 9.17) is 4.74 Å². The molecule has 0 atom stereocenters. The first kappa shape index (κ1) is 10.8. The molecule has 0 heterocycles. The normalized spacial score (nSPS) is 10.7. The van der Waals surface area contributed by atoms with E-state index >= 15 is 0 Å². The van der Waals surface area contributed by atoms with Gasteiger partial charge in [-0.2, -0.15) is 0 Å². The van der Waals surface area contributed by atoms with Crippen molar-refractivity contribution in [2.24, 2.45) is 0 Å². The van der Waals surface area contributed by atoms with Crippen molar-refractivity contribution in [1.29, 1.82) is 0 Å². The lowest BCUT2D eigenvalue weighted by molar-refractivity contribution is 0.412. The Kier molecular flexibility index (Phi) is 4.53. The Morgan fingerprint density at radius 2 is 2.23 bits per heavy atom. The van der Waals surface area contributed by atoms with Gasteiger partial charge in [0.1, 0.15) is 5.75 Å². The van der Waals surface area contributed by atoms with E-state index in [1.165, 1.54) is 0 Å². The first-order valence-corrected chi connectivity index (χ1v) is 5.75. The third-order valence-corrected chi connectivity index (χ3v) is 2.57. The average molecular weight is 306 g/mol. The molecule has 0 fully saturated rings. The number of methoxy groups -OCH3 is 1. The Morgan fingerprint density at radius 1 is 1.46 bits per heavy atom. The highest BCUT2D eigenvalue weighted by Gasteiger charge is 1.98. The lowest BCUT2D eigenvalue weighted by Crippen LogP contribution is -1.84. The Hall–Kier alpha value is -0.280. The van der Waals surface area contributed by atoms with Crippen LogP contribution in [0.1, 0.15) is 5.56 Å². The van der Waals surface area contributed by atoms with Crippen molar-refractivity contribution in [1.82, 2.24) is 0 Å². The van der Waals surface area contributed by atoms with Crippen LogP contribution in [0, 0.1) is 0 Å². The molecule has 70 valence electrons. The van der Waals surface area contributed by atoms with Crippen molar-refractivity contribution in [3.63, 3.8) is 0 Å². The number of ether oxygens (including phenoxy) is 1. The van der Waals surface area contributed by atoms with Gasteiger partial charge < -0.3 is 4.74 Å². The molecule has 0 aliphatic carbocycles. The summed E-state index contributed by atoms with van der Waals surface area (Å²) in [5.41, 5.74) is 1.16. The Bertz CT molecular complexity index is 308. The molecular weight excluding hydrogens is 296 g/mol. The molecule has 0 radical (unpaired) electrons. The van der Waals surface area contributed by atoms with E-state index < -0.39 is 0 Å². The second kappa shape index (κ2) is 5.45. The van der Waals surface area contributed by atoms with Gasteiger partial charge in [0.05, 0.1) is 11.6 Å². The number of rotatable bonds is 3. The van der Waals surface area contributed by atoms with Gasteiger partial charge >= 0.3 is 0 Å². The van der Waals surface area contributed by atoms with Crippen LogP contribution in [0.25, 0.3) is 6.08 Å². The van der Waals surface area contributed by atoms with Gasteiger partial charge in [0, 0.05) is 5.33 Å². The van der Waals surface area contributed by atoms with Crippen LogP contribution < -0.4 is 4.74 Å². The van der Waals surface area contributed by atoms with Crippen molar-refractivity contribution in [3.8, 4) is 5.75 Å². The van der Waals surface area contributed by atoms with Crippen molar-refractivity contribution in [3.05, 3.63) is 34.3 Å². The van der Waals surface area contributed by atoms with Crippen LogP contribution in [0.4, 0.5) is 0 Å². The van der Waals surface area contributed by atoms with Crippen LogP contribution in [0.2, 0.25) is 0 Å². The lowest BCUT2D eigenvalue weighted by atomic mass is 10.2. The van der Waals surface area contributed by atoms with E-state index in [2.05, 4.69) is 37.9 Å². The minimum atomic E-state index is 0.857. The number of benzene rings is 1. The van der Waals surface area contributed by atoms with Gasteiger partial charge in [-0.05, 0) is 33.6 Å². The maximum atomic E-state index is 5.12. The van der Waals surface area contributed by atoms with E-state index in [0.29, 0.717) is 0 Å². The Labute approximate surface area is 95.1 Å². The highest BCUT2D eigenvalue weighted by molar-refractivity contribution is 9.10. The monoisotopic (exact) mass is 304 g/mol. The molecule has 13 heavy (non-hydrogen) atoms. The zero-order valence-electron chi connectivity index (χ0n) is 7.26. The number of allylic oxidation sites excluding steroid dienone is 1. The third-order valence-electron chi connectivity index (χ3n) is 1.58. The topological polar surface area (TPSA) is 9.23 Å². The van der Waals surface area contributed by atoms with Crippen LogP contribution >= 0.6 is 31.9 Å². The van der Waals surface area contributed by atoms with Crippen LogP contribution in [0.3, 0.4) is 0 Å². The maximum Gasteiger partial charge on any atom is 0.133 e. The van der Waals surface area contributed by atoms with E-state index in [-0.39, 0.29) is 0 Å². The molecule has 0 N–H and O–H groups in total. The van der Waals surface area contributed by atoms with Gasteiger partial charge in [-0.1, -0.05) is 34.1 Å². The van der Waals surface area contributed by atoms with Gasteiger partial charge in [0.25, 0.3) is 0 Å². The molecule has 0 aromatic heterocycles. The quantitative estimate of drug-likeness (QED) is 0.770. The van der Waals surface area contributed by atoms with Crippen LogP contribution in [0.15, 0.2) is 28.7 Å². The molecule has 3 heteroatoms. The smallest absolute Gasteiger partial charge is 0.133 e. The fourth-order valence-electron chi connectivity index (χ4n) is 0.967. The lowest BCUT2D eigenvalue weighted by Gasteiger charge is -2.02. The number of hydrogen-bond acceptors (Lipinski definition) is 1. The summed E-state index contributed by atoms with van der Waals surface area (Å²) in [6.07, 6.45) is 4.10. The van der Waals surface area contributed by atoms with E-state index in [1.54, 1.807) is 7.11 Å². The largest absolute Gasteiger partial charge is 0.496 e. The summed E-state index contributed by atoms with van der Waals surface area (Å²) in [4.78, 5) is 0. The maximum absolute atomic E-state index is 5.12. The zero-order valence-corrected chi connectivity index (χ0v) is 10.4. The molecule has 1 rings (SSSR count). The summed E-state index contributed by atoms with van der Waals surface area (Å²) in [7, 11) is 1.66. The first-order valence-electron chi connectivity index (χ1n) is 3.84. The van der Waals surface area contributed by atoms with Crippen LogP contribution in [-0.2, 0) is 0 Å². The van der Waals surface area contributed by atoms with Crippen LogP contribution in [-0.4, -0.2) is 12.4 Å². The standard InChI is InChI=1S/C10H10Br2O/c1-13-10-5-4-8(3-2-6-11)7-9(10)12/h2-5,7H,6H2,1H3. The van der Waals surface area contributed by atoms with Gasteiger partial charge in [-0.25, -0.2) is 0 Å². The summed E-state index contributed by atoms with van der Waals surface area (Å²) in [6, 6.07) is 5.98. The summed E-state index contributed by atoms with van der Waals surface area (Å²) in [6.45, 7) is 0. The molecule has 1 aromatic carbocycles. The minimum absolute atomic E-state index is 0.857. The molecule has 1 aromatic rings. The number of alkyl halides is 1. The minimum Gasteiger partial charge on any atom is -0.496 e. The fraction of sp³-hybridized carbons (Fsp3) is 0.200. The SMILES string of the molecule is COc1ccc(C=CCBr)cc1Br. The summed E-state index contributed by atoms with van der Waals surface area (Å²) < 4.78 is 6.10. The molecule has 0 saturated carbocycles. The highest BCUT2D eigenvalue weighted by Crippen LogP contribution is 2.25. The van der Waals surface area contributed by atoms with Crippen LogP contribution in [0.5, 0.6) is 5.75 Å².